The van der Waals surface area contributed by atoms with E-state index in [2.05, 4.69) is 10.3 Å². The lowest BCUT2D eigenvalue weighted by Crippen LogP contribution is -2.29. The minimum absolute atomic E-state index is 0.0943. The molecule has 5 heteroatoms. The van der Waals surface area contributed by atoms with Crippen molar-refractivity contribution in [3.63, 3.8) is 0 Å². The summed E-state index contributed by atoms with van der Waals surface area (Å²) in [7, 11) is 0. The Kier molecular flexibility index (Phi) is 3.87. The van der Waals surface area contributed by atoms with Gasteiger partial charge in [0.05, 0.1) is 17.7 Å². The minimum atomic E-state index is -0.378. The molecule has 1 amide bonds. The summed E-state index contributed by atoms with van der Waals surface area (Å²) in [6, 6.07) is 9.45. The standard InChI is InChI=1S/C14H12N2O3/c17-12-6-2-1-5-11(12)13(18)9-16-14(19)10-4-3-7-15-8-10/h1-8,17H,9H2,(H,16,19). The second-order valence-electron chi connectivity index (χ2n) is 3.86. The van der Waals surface area contributed by atoms with Crippen molar-refractivity contribution in [1.82, 2.24) is 10.3 Å². The van der Waals surface area contributed by atoms with E-state index in [9.17, 15) is 14.7 Å². The third-order valence-electron chi connectivity index (χ3n) is 2.54. The molecular formula is C14H12N2O3. The molecule has 1 heterocycles. The fraction of sp³-hybridized carbons (Fsp3) is 0.0714. The number of benzene rings is 1. The van der Waals surface area contributed by atoms with Crippen molar-refractivity contribution in [3.8, 4) is 5.75 Å². The van der Waals surface area contributed by atoms with Crippen LogP contribution in [0.15, 0.2) is 48.8 Å². The largest absolute Gasteiger partial charge is 0.507 e. The molecule has 2 N–H and O–H groups in total. The summed E-state index contributed by atoms with van der Waals surface area (Å²) < 4.78 is 0. The first kappa shape index (κ1) is 12.8. The molecule has 1 aromatic heterocycles. The maximum atomic E-state index is 11.8. The first-order valence-electron chi connectivity index (χ1n) is 5.68. The van der Waals surface area contributed by atoms with E-state index in [0.717, 1.165) is 0 Å². The van der Waals surface area contributed by atoms with Crippen LogP contribution in [0.5, 0.6) is 5.75 Å². The predicted molar refractivity (Wildman–Crippen MR) is 69.0 cm³/mol. The minimum Gasteiger partial charge on any atom is -0.507 e. The first-order valence-corrected chi connectivity index (χ1v) is 5.68. The zero-order chi connectivity index (χ0) is 13.7. The summed E-state index contributed by atoms with van der Waals surface area (Å²) >= 11 is 0. The van der Waals surface area contributed by atoms with Gasteiger partial charge < -0.3 is 10.4 Å². The van der Waals surface area contributed by atoms with Crippen LogP contribution in [0.25, 0.3) is 0 Å². The molecule has 0 aliphatic rings. The van der Waals surface area contributed by atoms with Gasteiger partial charge in [-0.2, -0.15) is 0 Å². The number of nitrogens with one attached hydrogen (secondary N) is 1. The van der Waals surface area contributed by atoms with Crippen molar-refractivity contribution in [2.45, 2.75) is 0 Å². The molecule has 0 aliphatic carbocycles. The van der Waals surface area contributed by atoms with Crippen LogP contribution in [-0.4, -0.2) is 28.3 Å². The molecule has 2 aromatic rings. The van der Waals surface area contributed by atoms with E-state index in [1.165, 1.54) is 18.3 Å². The molecule has 1 aromatic carbocycles. The average Bonchev–Trinajstić information content (AvgIpc) is 2.46. The first-order chi connectivity index (χ1) is 9.18. The van der Waals surface area contributed by atoms with E-state index in [4.69, 9.17) is 0 Å². The van der Waals surface area contributed by atoms with Crippen LogP contribution in [-0.2, 0) is 0 Å². The Bertz CT molecular complexity index is 597. The Hall–Kier alpha value is -2.69. The molecule has 0 fully saturated rings. The third kappa shape index (κ3) is 3.16. The summed E-state index contributed by atoms with van der Waals surface area (Å²) in [4.78, 5) is 27.3. The lowest BCUT2D eigenvalue weighted by atomic mass is 10.1. The van der Waals surface area contributed by atoms with Gasteiger partial charge in [-0.05, 0) is 24.3 Å². The Balaban J connectivity index is 1.98. The van der Waals surface area contributed by atoms with Crippen LogP contribution in [0.2, 0.25) is 0 Å². The SMILES string of the molecule is O=C(NCC(=O)c1ccccc1O)c1cccnc1. The number of hydrogen-bond donors (Lipinski definition) is 2. The highest BCUT2D eigenvalue weighted by molar-refractivity contribution is 6.03. The number of ketones is 1. The summed E-state index contributed by atoms with van der Waals surface area (Å²) in [6.07, 6.45) is 2.98. The number of carbonyl (C=O) groups excluding carboxylic acids is 2. The number of Topliss-reactive ketones (excluding diaryl/α,β-unsaturated/α-hetero) is 1. The van der Waals surface area contributed by atoms with Crippen LogP contribution in [0.4, 0.5) is 0 Å². The van der Waals surface area contributed by atoms with Gasteiger partial charge in [0.15, 0.2) is 5.78 Å². The molecule has 0 unspecified atom stereocenters. The normalized spacial score (nSPS) is 9.89. The number of carbonyl (C=O) groups is 2. The van der Waals surface area contributed by atoms with Crippen molar-refractivity contribution < 1.29 is 14.7 Å². The van der Waals surface area contributed by atoms with E-state index in [-0.39, 0.29) is 29.5 Å². The summed E-state index contributed by atoms with van der Waals surface area (Å²) in [5.74, 6) is -0.824. The van der Waals surface area contributed by atoms with Gasteiger partial charge in [-0.1, -0.05) is 12.1 Å². The van der Waals surface area contributed by atoms with Crippen LogP contribution in [0, 0.1) is 0 Å². The van der Waals surface area contributed by atoms with Gasteiger partial charge in [0, 0.05) is 12.4 Å². The van der Waals surface area contributed by atoms with Crippen molar-refractivity contribution in [3.05, 3.63) is 59.9 Å². The number of hydrogen-bond acceptors (Lipinski definition) is 4. The molecular weight excluding hydrogens is 244 g/mol. The molecule has 0 bridgehead atoms. The van der Waals surface area contributed by atoms with Crippen LogP contribution < -0.4 is 5.32 Å². The van der Waals surface area contributed by atoms with E-state index in [1.54, 1.807) is 30.5 Å². The molecule has 96 valence electrons. The number of rotatable bonds is 4. The van der Waals surface area contributed by atoms with Gasteiger partial charge in [-0.25, -0.2) is 0 Å². The molecule has 0 saturated heterocycles. The second-order valence-corrected chi connectivity index (χ2v) is 3.86. The Labute approximate surface area is 109 Å². The second kappa shape index (κ2) is 5.77. The van der Waals surface area contributed by atoms with Crippen molar-refractivity contribution >= 4 is 11.7 Å². The van der Waals surface area contributed by atoms with Crippen molar-refractivity contribution in [2.75, 3.05) is 6.54 Å². The number of aromatic hydroxyl groups is 1. The highest BCUT2D eigenvalue weighted by Crippen LogP contribution is 2.15. The summed E-state index contributed by atoms with van der Waals surface area (Å²) in [6.45, 7) is -0.175. The van der Waals surface area contributed by atoms with E-state index in [0.29, 0.717) is 5.56 Å². The predicted octanol–water partition coefficient (Wildman–Crippen LogP) is 1.40. The molecule has 0 radical (unpaired) electrons. The maximum absolute atomic E-state index is 11.8. The molecule has 0 aliphatic heterocycles. The third-order valence-corrected chi connectivity index (χ3v) is 2.54. The van der Waals surface area contributed by atoms with Gasteiger partial charge in [-0.15, -0.1) is 0 Å². The van der Waals surface area contributed by atoms with Crippen molar-refractivity contribution in [1.29, 1.82) is 0 Å². The van der Waals surface area contributed by atoms with E-state index in [1.807, 2.05) is 0 Å². The lowest BCUT2D eigenvalue weighted by Gasteiger charge is -2.05. The number of amides is 1. The summed E-state index contributed by atoms with van der Waals surface area (Å²) in [5, 5.41) is 12.0. The number of phenols is 1. The van der Waals surface area contributed by atoms with Crippen LogP contribution >= 0.6 is 0 Å². The monoisotopic (exact) mass is 256 g/mol. The molecule has 2 rings (SSSR count). The van der Waals surface area contributed by atoms with Crippen LogP contribution in [0.3, 0.4) is 0 Å². The van der Waals surface area contributed by atoms with Crippen LogP contribution in [0.1, 0.15) is 20.7 Å². The fourth-order valence-electron chi connectivity index (χ4n) is 1.56. The quantitative estimate of drug-likeness (QED) is 0.810. The number of para-hydroxylation sites is 1. The number of pyridine rings is 1. The number of nitrogens with zero attached hydrogens (tertiary/aromatic N) is 1. The average molecular weight is 256 g/mol. The fourth-order valence-corrected chi connectivity index (χ4v) is 1.56. The van der Waals surface area contributed by atoms with Gasteiger partial charge in [0.1, 0.15) is 5.75 Å². The molecule has 0 saturated carbocycles. The topological polar surface area (TPSA) is 79.3 Å². The zero-order valence-electron chi connectivity index (χ0n) is 10.0. The van der Waals surface area contributed by atoms with Gasteiger partial charge in [-0.3, -0.25) is 14.6 Å². The summed E-state index contributed by atoms with van der Waals surface area (Å²) in [5.41, 5.74) is 0.571. The smallest absolute Gasteiger partial charge is 0.253 e. The Morgan fingerprint density at radius 1 is 1.16 bits per heavy atom. The zero-order valence-corrected chi connectivity index (χ0v) is 10.0. The number of phenolic OH excluding ortho intramolecular Hbond substituents is 1. The molecule has 5 nitrogen and oxygen atoms in total. The highest BCUT2D eigenvalue weighted by atomic mass is 16.3. The van der Waals surface area contributed by atoms with Crippen molar-refractivity contribution in [2.24, 2.45) is 0 Å². The Morgan fingerprint density at radius 2 is 1.95 bits per heavy atom. The van der Waals surface area contributed by atoms with Gasteiger partial charge in [0.2, 0.25) is 0 Å². The number of aromatic nitrogens is 1. The molecule has 0 spiro atoms. The lowest BCUT2D eigenvalue weighted by molar-refractivity contribution is 0.0902. The Morgan fingerprint density at radius 3 is 2.63 bits per heavy atom. The molecule has 19 heavy (non-hydrogen) atoms. The van der Waals surface area contributed by atoms with E-state index < -0.39 is 0 Å². The van der Waals surface area contributed by atoms with Gasteiger partial charge in [0.25, 0.3) is 5.91 Å². The highest BCUT2D eigenvalue weighted by Gasteiger charge is 2.12. The maximum Gasteiger partial charge on any atom is 0.253 e. The van der Waals surface area contributed by atoms with Gasteiger partial charge >= 0.3 is 0 Å². The van der Waals surface area contributed by atoms with E-state index >= 15 is 0 Å². The molecule has 0 atom stereocenters.